The van der Waals surface area contributed by atoms with Gasteiger partial charge in [0.1, 0.15) is 0 Å². The first-order chi connectivity index (χ1) is 6.50. The number of hydrogen-bond acceptors (Lipinski definition) is 4. The SMILES string of the molecule is C=C(c1csc(N)n1)C(O)CC(C)C. The molecule has 1 aromatic rings. The highest BCUT2D eigenvalue weighted by atomic mass is 32.1. The van der Waals surface area contributed by atoms with E-state index in [1.807, 2.05) is 5.38 Å². The van der Waals surface area contributed by atoms with Gasteiger partial charge >= 0.3 is 0 Å². The Labute approximate surface area is 88.3 Å². The van der Waals surface area contributed by atoms with Gasteiger partial charge in [-0.15, -0.1) is 11.3 Å². The Bertz CT molecular complexity index is 320. The Kier molecular flexibility index (Phi) is 3.66. The number of nitrogen functional groups attached to an aromatic ring is 1. The number of rotatable bonds is 4. The van der Waals surface area contributed by atoms with Crippen LogP contribution in [-0.4, -0.2) is 16.2 Å². The number of nitrogens with two attached hydrogens (primary N) is 1. The van der Waals surface area contributed by atoms with Gasteiger partial charge in [-0.1, -0.05) is 20.4 Å². The fourth-order valence-corrected chi connectivity index (χ4v) is 1.78. The summed E-state index contributed by atoms with van der Waals surface area (Å²) in [4.78, 5) is 4.08. The van der Waals surface area contributed by atoms with Crippen LogP contribution < -0.4 is 5.73 Å². The molecule has 1 aromatic heterocycles. The van der Waals surface area contributed by atoms with Gasteiger partial charge < -0.3 is 10.8 Å². The highest BCUT2D eigenvalue weighted by Crippen LogP contribution is 2.23. The number of thiazole rings is 1. The molecule has 4 heteroatoms. The van der Waals surface area contributed by atoms with Crippen molar-refractivity contribution in [3.8, 4) is 0 Å². The maximum atomic E-state index is 9.78. The van der Waals surface area contributed by atoms with Crippen molar-refractivity contribution in [2.24, 2.45) is 5.92 Å². The van der Waals surface area contributed by atoms with Crippen LogP contribution in [0.2, 0.25) is 0 Å². The van der Waals surface area contributed by atoms with Crippen LogP contribution in [0.5, 0.6) is 0 Å². The fourth-order valence-electron chi connectivity index (χ4n) is 1.19. The third kappa shape index (κ3) is 2.82. The van der Waals surface area contributed by atoms with E-state index in [4.69, 9.17) is 5.73 Å². The molecule has 0 saturated heterocycles. The molecular weight excluding hydrogens is 196 g/mol. The lowest BCUT2D eigenvalue weighted by Crippen LogP contribution is -2.12. The zero-order valence-corrected chi connectivity index (χ0v) is 9.34. The molecule has 14 heavy (non-hydrogen) atoms. The topological polar surface area (TPSA) is 59.1 Å². The second kappa shape index (κ2) is 4.57. The average molecular weight is 212 g/mol. The van der Waals surface area contributed by atoms with Crippen LogP contribution in [0.25, 0.3) is 5.57 Å². The van der Waals surface area contributed by atoms with Gasteiger partial charge in [-0.3, -0.25) is 0 Å². The van der Waals surface area contributed by atoms with Gasteiger partial charge in [-0.2, -0.15) is 0 Å². The largest absolute Gasteiger partial charge is 0.388 e. The molecular formula is C10H16N2OS. The maximum Gasteiger partial charge on any atom is 0.180 e. The van der Waals surface area contributed by atoms with Crippen molar-refractivity contribution in [1.82, 2.24) is 4.98 Å². The summed E-state index contributed by atoms with van der Waals surface area (Å²) in [7, 11) is 0. The van der Waals surface area contributed by atoms with E-state index < -0.39 is 6.10 Å². The second-order valence-electron chi connectivity index (χ2n) is 3.74. The molecule has 0 spiro atoms. The molecule has 0 fully saturated rings. The summed E-state index contributed by atoms with van der Waals surface area (Å²) in [6.07, 6.45) is 0.187. The minimum atomic E-state index is -0.517. The monoisotopic (exact) mass is 212 g/mol. The highest BCUT2D eigenvalue weighted by molar-refractivity contribution is 7.13. The van der Waals surface area contributed by atoms with Crippen molar-refractivity contribution in [2.45, 2.75) is 26.4 Å². The minimum absolute atomic E-state index is 0.442. The van der Waals surface area contributed by atoms with E-state index in [0.29, 0.717) is 28.7 Å². The molecule has 0 amide bonds. The summed E-state index contributed by atoms with van der Waals surface area (Å²) >= 11 is 1.36. The van der Waals surface area contributed by atoms with Crippen molar-refractivity contribution in [3.05, 3.63) is 17.7 Å². The van der Waals surface area contributed by atoms with Crippen LogP contribution in [0.4, 0.5) is 5.13 Å². The molecule has 1 rings (SSSR count). The summed E-state index contributed by atoms with van der Waals surface area (Å²) in [5, 5.41) is 12.1. The Balaban J connectivity index is 2.65. The van der Waals surface area contributed by atoms with Crippen LogP contribution in [0.3, 0.4) is 0 Å². The van der Waals surface area contributed by atoms with Crippen molar-refractivity contribution >= 4 is 22.0 Å². The molecule has 0 saturated carbocycles. The molecule has 3 N–H and O–H groups in total. The molecule has 1 unspecified atom stereocenters. The summed E-state index contributed by atoms with van der Waals surface area (Å²) in [6.45, 7) is 7.95. The molecule has 0 aliphatic rings. The smallest absolute Gasteiger partial charge is 0.180 e. The van der Waals surface area contributed by atoms with Gasteiger partial charge in [-0.05, 0) is 17.9 Å². The molecule has 0 radical (unpaired) electrons. The first-order valence-corrected chi connectivity index (χ1v) is 5.47. The summed E-state index contributed by atoms with van der Waals surface area (Å²) in [5.41, 5.74) is 6.87. The van der Waals surface area contributed by atoms with Crippen LogP contribution in [0.1, 0.15) is 26.0 Å². The van der Waals surface area contributed by atoms with E-state index in [0.717, 1.165) is 0 Å². The number of aliphatic hydroxyl groups excluding tert-OH is 1. The highest BCUT2D eigenvalue weighted by Gasteiger charge is 2.14. The van der Waals surface area contributed by atoms with E-state index in [1.165, 1.54) is 11.3 Å². The van der Waals surface area contributed by atoms with Crippen LogP contribution in [0, 0.1) is 5.92 Å². The lowest BCUT2D eigenvalue weighted by Gasteiger charge is -2.13. The molecule has 0 bridgehead atoms. The summed E-state index contributed by atoms with van der Waals surface area (Å²) in [5.74, 6) is 0.442. The molecule has 3 nitrogen and oxygen atoms in total. The molecule has 1 atom stereocenters. The Morgan fingerprint density at radius 2 is 2.36 bits per heavy atom. The van der Waals surface area contributed by atoms with Crippen LogP contribution in [-0.2, 0) is 0 Å². The zero-order valence-electron chi connectivity index (χ0n) is 8.53. The summed E-state index contributed by atoms with van der Waals surface area (Å²) in [6, 6.07) is 0. The van der Waals surface area contributed by atoms with Gasteiger partial charge in [-0.25, -0.2) is 4.98 Å². The Hall–Kier alpha value is -0.870. The Morgan fingerprint density at radius 3 is 2.79 bits per heavy atom. The number of hydrogen-bond donors (Lipinski definition) is 2. The number of anilines is 1. The third-order valence-corrected chi connectivity index (χ3v) is 2.62. The predicted molar refractivity (Wildman–Crippen MR) is 61.0 cm³/mol. The van der Waals surface area contributed by atoms with E-state index in [9.17, 15) is 5.11 Å². The average Bonchev–Trinajstić information content (AvgIpc) is 2.49. The van der Waals surface area contributed by atoms with Crippen molar-refractivity contribution in [3.63, 3.8) is 0 Å². The van der Waals surface area contributed by atoms with Gasteiger partial charge in [0, 0.05) is 5.38 Å². The van der Waals surface area contributed by atoms with Gasteiger partial charge in [0.25, 0.3) is 0 Å². The second-order valence-corrected chi connectivity index (χ2v) is 4.63. The van der Waals surface area contributed by atoms with Crippen molar-refractivity contribution in [2.75, 3.05) is 5.73 Å². The maximum absolute atomic E-state index is 9.78. The summed E-state index contributed by atoms with van der Waals surface area (Å²) < 4.78 is 0. The van der Waals surface area contributed by atoms with Crippen molar-refractivity contribution in [1.29, 1.82) is 0 Å². The number of aromatic nitrogens is 1. The molecule has 0 aromatic carbocycles. The molecule has 0 aliphatic carbocycles. The van der Waals surface area contributed by atoms with Gasteiger partial charge in [0.15, 0.2) is 5.13 Å². The zero-order chi connectivity index (χ0) is 10.7. The van der Waals surface area contributed by atoms with Crippen LogP contribution in [0.15, 0.2) is 12.0 Å². The van der Waals surface area contributed by atoms with Crippen molar-refractivity contribution < 1.29 is 5.11 Å². The number of aliphatic hydroxyl groups is 1. The first-order valence-electron chi connectivity index (χ1n) is 4.59. The minimum Gasteiger partial charge on any atom is -0.388 e. The third-order valence-electron chi connectivity index (χ3n) is 1.95. The quantitative estimate of drug-likeness (QED) is 0.804. The lowest BCUT2D eigenvalue weighted by atomic mass is 9.99. The van der Waals surface area contributed by atoms with Gasteiger partial charge in [0.05, 0.1) is 11.8 Å². The standard InChI is InChI=1S/C10H16N2OS/c1-6(2)4-9(13)7(3)8-5-14-10(11)12-8/h5-6,9,13H,3-4H2,1-2H3,(H2,11,12). The van der Waals surface area contributed by atoms with Gasteiger partial charge in [0.2, 0.25) is 0 Å². The van der Waals surface area contributed by atoms with Crippen LogP contribution >= 0.6 is 11.3 Å². The first kappa shape index (κ1) is 11.2. The Morgan fingerprint density at radius 1 is 1.71 bits per heavy atom. The fraction of sp³-hybridized carbons (Fsp3) is 0.500. The van der Waals surface area contributed by atoms with E-state index in [1.54, 1.807) is 0 Å². The normalized spacial score (nSPS) is 13.1. The molecule has 0 aliphatic heterocycles. The van der Waals surface area contributed by atoms with E-state index >= 15 is 0 Å². The van der Waals surface area contributed by atoms with E-state index in [-0.39, 0.29) is 0 Å². The molecule has 1 heterocycles. The van der Waals surface area contributed by atoms with E-state index in [2.05, 4.69) is 25.4 Å². The molecule has 78 valence electrons. The predicted octanol–water partition coefficient (Wildman–Crippen LogP) is 2.15. The lowest BCUT2D eigenvalue weighted by molar-refractivity contribution is 0.204. The number of nitrogens with zero attached hydrogens (tertiary/aromatic N) is 1.